The van der Waals surface area contributed by atoms with Crippen molar-refractivity contribution >= 4 is 26.8 Å². The first kappa shape index (κ1) is 24.8. The van der Waals surface area contributed by atoms with E-state index in [1.54, 1.807) is 17.7 Å². The van der Waals surface area contributed by atoms with Gasteiger partial charge in [-0.05, 0) is 38.2 Å². The Morgan fingerprint density at radius 1 is 1.06 bits per heavy atom. The Kier molecular flexibility index (Phi) is 7.68. The maximum absolute atomic E-state index is 13.2. The molecule has 2 aliphatic rings. The molecule has 0 bridgehead atoms. The summed E-state index contributed by atoms with van der Waals surface area (Å²) >= 11 is 0. The number of nitrogens with zero attached hydrogens (tertiary/aromatic N) is 4. The Hall–Kier alpha value is -2.31. The molecule has 3 heterocycles. The first-order chi connectivity index (χ1) is 16.3. The van der Waals surface area contributed by atoms with Crippen LogP contribution >= 0.6 is 0 Å². The van der Waals surface area contributed by atoms with E-state index in [2.05, 4.69) is 22.2 Å². The van der Waals surface area contributed by atoms with Gasteiger partial charge in [-0.15, -0.1) is 0 Å². The summed E-state index contributed by atoms with van der Waals surface area (Å²) in [5, 5.41) is 3.06. The van der Waals surface area contributed by atoms with Gasteiger partial charge in [0.2, 0.25) is 15.5 Å². The smallest absolute Gasteiger partial charge is 0.256 e. The summed E-state index contributed by atoms with van der Waals surface area (Å²) in [6, 6.07) is 4.50. The molecule has 186 valence electrons. The number of carbonyl (C=O) groups is 1. The summed E-state index contributed by atoms with van der Waals surface area (Å²) in [7, 11) is 0.101. The molecule has 0 spiro atoms. The number of rotatable bonds is 7. The van der Waals surface area contributed by atoms with Gasteiger partial charge >= 0.3 is 0 Å². The van der Waals surface area contributed by atoms with Crippen molar-refractivity contribution in [3.8, 4) is 0 Å². The number of amides is 1. The molecule has 0 radical (unpaired) electrons. The topological polar surface area (TPSA) is 104 Å². The number of piperazine rings is 1. The molecule has 2 fully saturated rings. The fourth-order valence-electron chi connectivity index (χ4n) is 4.40. The average molecular weight is 492 g/mol. The van der Waals surface area contributed by atoms with Gasteiger partial charge in [-0.25, -0.2) is 8.42 Å². The molecule has 2 saturated heterocycles. The van der Waals surface area contributed by atoms with E-state index in [0.717, 1.165) is 39.1 Å². The second-order valence-corrected chi connectivity index (χ2v) is 10.9. The van der Waals surface area contributed by atoms with Gasteiger partial charge in [-0.3, -0.25) is 9.59 Å². The molecule has 0 aliphatic carbocycles. The van der Waals surface area contributed by atoms with Crippen LogP contribution in [0.3, 0.4) is 0 Å². The number of carbonyl (C=O) groups excluding carboxylic acids is 1. The van der Waals surface area contributed by atoms with Crippen molar-refractivity contribution in [1.29, 1.82) is 0 Å². The largest absolute Gasteiger partial charge is 0.379 e. The minimum Gasteiger partial charge on any atom is -0.379 e. The lowest BCUT2D eigenvalue weighted by Crippen LogP contribution is -2.45. The zero-order valence-electron chi connectivity index (χ0n) is 19.8. The van der Waals surface area contributed by atoms with Gasteiger partial charge < -0.3 is 24.4 Å². The number of likely N-dealkylation sites (N-methyl/N-ethyl adjacent to an activating group) is 1. The fraction of sp³-hybridized carbons (Fsp3) is 0.565. The molecular formula is C23H33N5O5S. The maximum atomic E-state index is 13.2. The van der Waals surface area contributed by atoms with Crippen molar-refractivity contribution in [2.75, 3.05) is 72.6 Å². The van der Waals surface area contributed by atoms with Crippen LogP contribution in [0.25, 0.3) is 10.9 Å². The van der Waals surface area contributed by atoms with Crippen LogP contribution in [0.2, 0.25) is 0 Å². The normalized spacial score (nSPS) is 18.9. The SMILES string of the molecule is CN1CCN(CCCNC(=O)c2cn(C)c3ccc(S(=O)(=O)N4CCOCC4)cc3c2=O)CC1. The van der Waals surface area contributed by atoms with Crippen molar-refractivity contribution < 1.29 is 17.9 Å². The molecule has 4 rings (SSSR count). The van der Waals surface area contributed by atoms with Crippen LogP contribution in [0.1, 0.15) is 16.8 Å². The lowest BCUT2D eigenvalue weighted by atomic mass is 10.1. The Morgan fingerprint density at radius 3 is 2.47 bits per heavy atom. The van der Waals surface area contributed by atoms with E-state index in [0.29, 0.717) is 25.3 Å². The molecule has 1 N–H and O–H groups in total. The van der Waals surface area contributed by atoms with Crippen LogP contribution in [-0.2, 0) is 21.8 Å². The average Bonchev–Trinajstić information content (AvgIpc) is 2.85. The van der Waals surface area contributed by atoms with E-state index in [1.807, 2.05) is 0 Å². The minimum absolute atomic E-state index is 0.00974. The third kappa shape index (κ3) is 5.33. The van der Waals surface area contributed by atoms with Gasteiger partial charge in [0.05, 0.1) is 23.6 Å². The molecule has 1 amide bonds. The standard InChI is InChI=1S/C23H33N5O5S/c1-25-8-10-27(11-9-25)7-3-6-24-23(30)20-17-26(2)21-5-4-18(16-19(21)22(20)29)34(31,32)28-12-14-33-15-13-28/h4-5,16-17H,3,6-15H2,1-2H3,(H,24,30). The van der Waals surface area contributed by atoms with Crippen molar-refractivity contribution in [1.82, 2.24) is 24.0 Å². The summed E-state index contributed by atoms with van der Waals surface area (Å²) in [6.07, 6.45) is 2.31. The minimum atomic E-state index is -3.75. The van der Waals surface area contributed by atoms with Gasteiger partial charge in [0.25, 0.3) is 5.91 Å². The van der Waals surface area contributed by atoms with Gasteiger partial charge in [0.15, 0.2) is 0 Å². The van der Waals surface area contributed by atoms with E-state index in [4.69, 9.17) is 4.74 Å². The molecule has 10 nitrogen and oxygen atoms in total. The Bertz CT molecular complexity index is 1200. The van der Waals surface area contributed by atoms with Crippen LogP contribution in [0.5, 0.6) is 0 Å². The molecule has 2 aliphatic heterocycles. The highest BCUT2D eigenvalue weighted by molar-refractivity contribution is 7.89. The number of morpholine rings is 1. The number of pyridine rings is 1. The number of aryl methyl sites for hydroxylation is 1. The predicted octanol–water partition coefficient (Wildman–Crippen LogP) is -0.0733. The van der Waals surface area contributed by atoms with Crippen molar-refractivity contribution in [2.45, 2.75) is 11.3 Å². The van der Waals surface area contributed by atoms with E-state index in [9.17, 15) is 18.0 Å². The Labute approximate surface area is 200 Å². The Morgan fingerprint density at radius 2 is 1.76 bits per heavy atom. The summed E-state index contributed by atoms with van der Waals surface area (Å²) < 4.78 is 34.4. The second kappa shape index (κ2) is 10.5. The Balaban J connectivity index is 1.49. The van der Waals surface area contributed by atoms with Crippen LogP contribution < -0.4 is 10.7 Å². The first-order valence-corrected chi connectivity index (χ1v) is 13.1. The number of aromatic nitrogens is 1. The van der Waals surface area contributed by atoms with Gasteiger partial charge in [0.1, 0.15) is 5.56 Å². The molecular weight excluding hydrogens is 458 g/mol. The van der Waals surface area contributed by atoms with Crippen molar-refractivity contribution in [2.24, 2.45) is 7.05 Å². The first-order valence-electron chi connectivity index (χ1n) is 11.7. The number of sulfonamides is 1. The summed E-state index contributed by atoms with van der Waals surface area (Å²) in [6.45, 7) is 6.72. The number of fused-ring (bicyclic) bond motifs is 1. The number of hydrogen-bond donors (Lipinski definition) is 1. The van der Waals surface area contributed by atoms with Gasteiger partial charge in [-0.1, -0.05) is 0 Å². The highest BCUT2D eigenvalue weighted by Gasteiger charge is 2.27. The van der Waals surface area contributed by atoms with Crippen LogP contribution in [0.15, 0.2) is 34.1 Å². The second-order valence-electron chi connectivity index (χ2n) is 8.93. The van der Waals surface area contributed by atoms with E-state index in [-0.39, 0.29) is 28.9 Å². The van der Waals surface area contributed by atoms with Crippen molar-refractivity contribution in [3.05, 3.63) is 40.2 Å². The molecule has 0 saturated carbocycles. The number of benzene rings is 1. The van der Waals surface area contributed by atoms with E-state index < -0.39 is 21.4 Å². The summed E-state index contributed by atoms with van der Waals surface area (Å²) in [5.41, 5.74) is 0.108. The van der Waals surface area contributed by atoms with Crippen LogP contribution in [-0.4, -0.2) is 106 Å². The number of hydrogen-bond acceptors (Lipinski definition) is 7. The lowest BCUT2D eigenvalue weighted by Gasteiger charge is -2.32. The zero-order chi connectivity index (χ0) is 24.3. The van der Waals surface area contributed by atoms with Crippen molar-refractivity contribution in [3.63, 3.8) is 0 Å². The summed E-state index contributed by atoms with van der Waals surface area (Å²) in [4.78, 5) is 30.7. The highest BCUT2D eigenvalue weighted by atomic mass is 32.2. The van der Waals surface area contributed by atoms with Crippen LogP contribution in [0, 0.1) is 0 Å². The molecule has 11 heteroatoms. The van der Waals surface area contributed by atoms with E-state index >= 15 is 0 Å². The third-order valence-electron chi connectivity index (χ3n) is 6.55. The highest BCUT2D eigenvalue weighted by Crippen LogP contribution is 2.21. The molecule has 0 atom stereocenters. The van der Waals surface area contributed by atoms with E-state index in [1.165, 1.54) is 22.6 Å². The predicted molar refractivity (Wildman–Crippen MR) is 130 cm³/mol. The molecule has 2 aromatic rings. The maximum Gasteiger partial charge on any atom is 0.256 e. The van der Waals surface area contributed by atoms with Gasteiger partial charge in [0, 0.05) is 64.4 Å². The molecule has 34 heavy (non-hydrogen) atoms. The quantitative estimate of drug-likeness (QED) is 0.541. The zero-order valence-corrected chi connectivity index (χ0v) is 20.6. The van der Waals surface area contributed by atoms with Gasteiger partial charge in [-0.2, -0.15) is 4.31 Å². The third-order valence-corrected chi connectivity index (χ3v) is 8.44. The molecule has 1 aromatic heterocycles. The number of ether oxygens (including phenoxy) is 1. The molecule has 0 unspecified atom stereocenters. The number of nitrogens with one attached hydrogen (secondary N) is 1. The fourth-order valence-corrected chi connectivity index (χ4v) is 5.84. The van der Waals surface area contributed by atoms with Crippen LogP contribution in [0.4, 0.5) is 0 Å². The lowest BCUT2D eigenvalue weighted by molar-refractivity contribution is 0.0730. The summed E-state index contributed by atoms with van der Waals surface area (Å²) in [5.74, 6) is -0.442. The molecule has 1 aromatic carbocycles. The monoisotopic (exact) mass is 491 g/mol.